The molecule has 1 aliphatic carbocycles. The second-order valence-corrected chi connectivity index (χ2v) is 7.74. The first-order valence-electron chi connectivity index (χ1n) is 9.99. The molecule has 0 aromatic heterocycles. The summed E-state index contributed by atoms with van der Waals surface area (Å²) in [7, 11) is 3.46. The van der Waals surface area contributed by atoms with E-state index >= 15 is 0 Å². The highest BCUT2D eigenvalue weighted by atomic mass is 19.1. The number of nitrogens with zero attached hydrogens (tertiary/aromatic N) is 2. The van der Waals surface area contributed by atoms with Crippen LogP contribution in [0.5, 0.6) is 0 Å². The SMILES string of the molecule is Cc1cc(CN=C(NCC(=O)N(C)C)NC2CCc3ccccc3C2)ccc1F. The average Bonchev–Trinajstić information content (AvgIpc) is 2.72. The summed E-state index contributed by atoms with van der Waals surface area (Å²) >= 11 is 0. The molecule has 1 amide bonds. The van der Waals surface area contributed by atoms with Gasteiger partial charge in [-0.25, -0.2) is 9.38 Å². The van der Waals surface area contributed by atoms with Crippen molar-refractivity contribution in [3.05, 3.63) is 70.5 Å². The van der Waals surface area contributed by atoms with Gasteiger partial charge in [-0.05, 0) is 54.5 Å². The highest BCUT2D eigenvalue weighted by Gasteiger charge is 2.19. The first kappa shape index (κ1) is 20.8. The third kappa shape index (κ3) is 5.79. The molecule has 3 rings (SSSR count). The molecule has 0 radical (unpaired) electrons. The molecule has 0 saturated carbocycles. The Labute approximate surface area is 172 Å². The standard InChI is InChI=1S/C23H29FN4O/c1-16-12-17(8-11-21(16)24)14-25-23(26-15-22(29)28(2)3)27-20-10-9-18-6-4-5-7-19(18)13-20/h4-8,11-12,20H,9-10,13-15H2,1-3H3,(H2,25,26,27). The summed E-state index contributed by atoms with van der Waals surface area (Å²) in [4.78, 5) is 18.2. The Morgan fingerprint density at radius 2 is 1.97 bits per heavy atom. The minimum absolute atomic E-state index is 0.0221. The van der Waals surface area contributed by atoms with Crippen LogP contribution in [-0.2, 0) is 24.2 Å². The Balaban J connectivity index is 1.70. The third-order valence-corrected chi connectivity index (χ3v) is 5.24. The molecule has 154 valence electrons. The number of aryl methyl sites for hydroxylation is 2. The van der Waals surface area contributed by atoms with Gasteiger partial charge in [0.2, 0.25) is 5.91 Å². The van der Waals surface area contributed by atoms with E-state index in [1.807, 2.05) is 0 Å². The van der Waals surface area contributed by atoms with Crippen LogP contribution in [0.2, 0.25) is 0 Å². The van der Waals surface area contributed by atoms with E-state index in [1.165, 1.54) is 17.2 Å². The summed E-state index contributed by atoms with van der Waals surface area (Å²) in [6.07, 6.45) is 2.96. The molecule has 0 saturated heterocycles. The smallest absolute Gasteiger partial charge is 0.241 e. The average molecular weight is 397 g/mol. The number of nitrogens with one attached hydrogen (secondary N) is 2. The zero-order valence-corrected chi connectivity index (χ0v) is 17.3. The number of aliphatic imine (C=N–C) groups is 1. The molecule has 0 heterocycles. The first-order valence-corrected chi connectivity index (χ1v) is 9.99. The largest absolute Gasteiger partial charge is 0.353 e. The fourth-order valence-electron chi connectivity index (χ4n) is 3.46. The summed E-state index contributed by atoms with van der Waals surface area (Å²) in [6, 6.07) is 13.8. The summed E-state index contributed by atoms with van der Waals surface area (Å²) in [5.74, 6) is 0.365. The van der Waals surface area contributed by atoms with E-state index in [9.17, 15) is 9.18 Å². The minimum Gasteiger partial charge on any atom is -0.353 e. The number of guanidine groups is 1. The van der Waals surface area contributed by atoms with Crippen molar-refractivity contribution in [3.8, 4) is 0 Å². The van der Waals surface area contributed by atoms with Crippen molar-refractivity contribution in [1.29, 1.82) is 0 Å². The molecule has 29 heavy (non-hydrogen) atoms. The number of rotatable bonds is 5. The van der Waals surface area contributed by atoms with Gasteiger partial charge in [0.15, 0.2) is 5.96 Å². The molecule has 6 heteroatoms. The number of likely N-dealkylation sites (N-methyl/N-ethyl adjacent to an activating group) is 1. The quantitative estimate of drug-likeness (QED) is 0.604. The summed E-state index contributed by atoms with van der Waals surface area (Å²) in [5.41, 5.74) is 4.29. The van der Waals surface area contributed by atoms with Crippen LogP contribution in [0.4, 0.5) is 4.39 Å². The minimum atomic E-state index is -0.216. The molecule has 2 aromatic rings. The number of hydrogen-bond donors (Lipinski definition) is 2. The van der Waals surface area contributed by atoms with Crippen LogP contribution in [-0.4, -0.2) is 43.4 Å². The topological polar surface area (TPSA) is 56.7 Å². The van der Waals surface area contributed by atoms with E-state index in [0.717, 1.165) is 24.8 Å². The Morgan fingerprint density at radius 1 is 1.21 bits per heavy atom. The second kappa shape index (κ2) is 9.54. The lowest BCUT2D eigenvalue weighted by Crippen LogP contribution is -2.48. The number of carbonyl (C=O) groups excluding carboxylic acids is 1. The third-order valence-electron chi connectivity index (χ3n) is 5.24. The zero-order valence-electron chi connectivity index (χ0n) is 17.3. The number of fused-ring (bicyclic) bond motifs is 1. The molecule has 0 aliphatic heterocycles. The van der Waals surface area contributed by atoms with E-state index in [4.69, 9.17) is 0 Å². The Morgan fingerprint density at radius 3 is 2.69 bits per heavy atom. The van der Waals surface area contributed by atoms with Gasteiger partial charge in [0.25, 0.3) is 0 Å². The maximum atomic E-state index is 13.5. The maximum Gasteiger partial charge on any atom is 0.241 e. The number of carbonyl (C=O) groups is 1. The van der Waals surface area contributed by atoms with Gasteiger partial charge in [-0.15, -0.1) is 0 Å². The van der Waals surface area contributed by atoms with Crippen LogP contribution in [0.1, 0.15) is 28.7 Å². The van der Waals surface area contributed by atoms with Crippen molar-refractivity contribution in [3.63, 3.8) is 0 Å². The molecule has 0 bridgehead atoms. The number of hydrogen-bond acceptors (Lipinski definition) is 2. The van der Waals surface area contributed by atoms with Crippen LogP contribution >= 0.6 is 0 Å². The zero-order chi connectivity index (χ0) is 20.8. The van der Waals surface area contributed by atoms with Crippen molar-refractivity contribution < 1.29 is 9.18 Å². The number of halogens is 1. The van der Waals surface area contributed by atoms with Gasteiger partial charge in [-0.1, -0.05) is 36.4 Å². The molecular formula is C23H29FN4O. The molecule has 2 N–H and O–H groups in total. The molecule has 0 fully saturated rings. The Hall–Kier alpha value is -2.89. The van der Waals surface area contributed by atoms with E-state index in [-0.39, 0.29) is 24.3 Å². The van der Waals surface area contributed by atoms with Crippen molar-refractivity contribution >= 4 is 11.9 Å². The molecule has 1 atom stereocenters. The van der Waals surface area contributed by atoms with E-state index in [1.54, 1.807) is 38.1 Å². The van der Waals surface area contributed by atoms with Crippen molar-refractivity contribution in [2.45, 2.75) is 38.8 Å². The van der Waals surface area contributed by atoms with Gasteiger partial charge >= 0.3 is 0 Å². The Kier molecular flexibility index (Phi) is 6.86. The van der Waals surface area contributed by atoms with E-state index in [0.29, 0.717) is 18.1 Å². The van der Waals surface area contributed by atoms with Crippen LogP contribution < -0.4 is 10.6 Å². The first-order chi connectivity index (χ1) is 13.9. The van der Waals surface area contributed by atoms with E-state index < -0.39 is 0 Å². The predicted octanol–water partition coefficient (Wildman–Crippen LogP) is 2.82. The van der Waals surface area contributed by atoms with Crippen molar-refractivity contribution in [2.75, 3.05) is 20.6 Å². The van der Waals surface area contributed by atoms with Crippen molar-refractivity contribution in [2.24, 2.45) is 4.99 Å². The van der Waals surface area contributed by atoms with Crippen LogP contribution in [0.3, 0.4) is 0 Å². The fourth-order valence-corrected chi connectivity index (χ4v) is 3.46. The Bertz CT molecular complexity index is 894. The lowest BCUT2D eigenvalue weighted by molar-refractivity contribution is -0.127. The van der Waals surface area contributed by atoms with Gasteiger partial charge < -0.3 is 15.5 Å². The summed E-state index contributed by atoms with van der Waals surface area (Å²) < 4.78 is 13.5. The molecule has 1 aliphatic rings. The van der Waals surface area contributed by atoms with Crippen LogP contribution in [0.15, 0.2) is 47.5 Å². The molecule has 2 aromatic carbocycles. The number of benzene rings is 2. The lowest BCUT2D eigenvalue weighted by atomic mass is 9.88. The molecule has 1 unspecified atom stereocenters. The van der Waals surface area contributed by atoms with Gasteiger partial charge in [-0.3, -0.25) is 4.79 Å². The van der Waals surface area contributed by atoms with Gasteiger partial charge in [-0.2, -0.15) is 0 Å². The molecular weight excluding hydrogens is 367 g/mol. The lowest BCUT2D eigenvalue weighted by Gasteiger charge is -2.27. The van der Waals surface area contributed by atoms with E-state index in [2.05, 4.69) is 39.9 Å². The van der Waals surface area contributed by atoms with Gasteiger partial charge in [0.05, 0.1) is 13.1 Å². The van der Waals surface area contributed by atoms with Crippen LogP contribution in [0.25, 0.3) is 0 Å². The van der Waals surface area contributed by atoms with Gasteiger partial charge in [0.1, 0.15) is 5.82 Å². The highest BCUT2D eigenvalue weighted by Crippen LogP contribution is 2.21. The highest BCUT2D eigenvalue weighted by molar-refractivity contribution is 5.86. The second-order valence-electron chi connectivity index (χ2n) is 7.74. The molecule has 5 nitrogen and oxygen atoms in total. The van der Waals surface area contributed by atoms with Crippen molar-refractivity contribution in [1.82, 2.24) is 15.5 Å². The summed E-state index contributed by atoms with van der Waals surface area (Å²) in [5, 5.41) is 6.62. The van der Waals surface area contributed by atoms with Gasteiger partial charge in [0, 0.05) is 20.1 Å². The normalized spacial score (nSPS) is 16.1. The summed E-state index contributed by atoms with van der Waals surface area (Å²) in [6.45, 7) is 2.33. The van der Waals surface area contributed by atoms with Crippen LogP contribution in [0, 0.1) is 12.7 Å². The molecule has 0 spiro atoms. The number of amides is 1. The fraction of sp³-hybridized carbons (Fsp3) is 0.391. The predicted molar refractivity (Wildman–Crippen MR) is 114 cm³/mol. The monoisotopic (exact) mass is 396 g/mol. The maximum absolute atomic E-state index is 13.5.